The van der Waals surface area contributed by atoms with Crippen LogP contribution < -0.4 is 5.73 Å². The van der Waals surface area contributed by atoms with Crippen LogP contribution in [0.5, 0.6) is 0 Å². The molecular weight excluding hydrogens is 310 g/mol. The van der Waals surface area contributed by atoms with Crippen molar-refractivity contribution >= 4 is 17.3 Å². The van der Waals surface area contributed by atoms with Crippen molar-refractivity contribution in [1.29, 1.82) is 0 Å². The summed E-state index contributed by atoms with van der Waals surface area (Å²) in [6.07, 6.45) is 4.39. The smallest absolute Gasteiger partial charge is 0.219 e. The molecule has 6 nitrogen and oxygen atoms in total. The van der Waals surface area contributed by atoms with Gasteiger partial charge in [0.05, 0.1) is 0 Å². The Bertz CT molecular complexity index is 589. The zero-order valence-corrected chi connectivity index (χ0v) is 14.0. The molecule has 0 saturated carbocycles. The Morgan fingerprint density at radius 2 is 2.04 bits per heavy atom. The van der Waals surface area contributed by atoms with Crippen molar-refractivity contribution in [2.45, 2.75) is 25.6 Å². The number of hydrogen-bond donors (Lipinski definition) is 2. The fourth-order valence-electron chi connectivity index (χ4n) is 3.05. The van der Waals surface area contributed by atoms with Crippen LogP contribution in [0.25, 0.3) is 0 Å². The van der Waals surface area contributed by atoms with Gasteiger partial charge in [0.15, 0.2) is 0 Å². The van der Waals surface area contributed by atoms with E-state index in [0.29, 0.717) is 12.0 Å². The van der Waals surface area contributed by atoms with Gasteiger partial charge >= 0.3 is 0 Å². The molecule has 2 aromatic rings. The number of hydrogen-bond acceptors (Lipinski definition) is 7. The van der Waals surface area contributed by atoms with E-state index >= 15 is 0 Å². The second kappa shape index (κ2) is 7.83. The van der Waals surface area contributed by atoms with E-state index in [0.717, 1.165) is 44.7 Å². The van der Waals surface area contributed by atoms with Crippen LogP contribution in [0.1, 0.15) is 17.5 Å². The largest absolute Gasteiger partial charge is 0.396 e. The van der Waals surface area contributed by atoms with Crippen LogP contribution in [0.4, 0.5) is 5.95 Å². The molecule has 1 atom stereocenters. The molecule has 1 aliphatic heterocycles. The average molecular weight is 333 g/mol. The second-order valence-corrected chi connectivity index (χ2v) is 6.73. The quantitative estimate of drug-likeness (QED) is 0.827. The minimum Gasteiger partial charge on any atom is -0.396 e. The van der Waals surface area contributed by atoms with E-state index in [-0.39, 0.29) is 6.61 Å². The summed E-state index contributed by atoms with van der Waals surface area (Å²) in [6.45, 7) is 4.99. The summed E-state index contributed by atoms with van der Waals surface area (Å²) in [7, 11) is 0. The van der Waals surface area contributed by atoms with Crippen LogP contribution in [0.2, 0.25) is 0 Å². The number of aliphatic hydroxyl groups excluding tert-OH is 1. The number of rotatable bonds is 6. The molecule has 1 unspecified atom stereocenters. The predicted octanol–water partition coefficient (Wildman–Crippen LogP) is 1.19. The third-order valence-corrected chi connectivity index (χ3v) is 4.98. The van der Waals surface area contributed by atoms with Crippen LogP contribution in [0.15, 0.2) is 29.2 Å². The molecule has 0 aromatic carbocycles. The minimum atomic E-state index is 0.226. The van der Waals surface area contributed by atoms with Crippen molar-refractivity contribution in [3.05, 3.63) is 40.3 Å². The fourth-order valence-corrected chi connectivity index (χ4v) is 3.71. The summed E-state index contributed by atoms with van der Waals surface area (Å²) in [5, 5.41) is 13.7. The number of nitrogens with two attached hydrogens (primary N) is 1. The third-order valence-electron chi connectivity index (χ3n) is 4.25. The van der Waals surface area contributed by atoms with Gasteiger partial charge in [0, 0.05) is 63.3 Å². The summed E-state index contributed by atoms with van der Waals surface area (Å²) in [5.41, 5.74) is 7.97. The number of thiophene rings is 1. The highest BCUT2D eigenvalue weighted by molar-refractivity contribution is 7.07. The van der Waals surface area contributed by atoms with Crippen LogP contribution in [-0.2, 0) is 13.1 Å². The van der Waals surface area contributed by atoms with E-state index in [4.69, 9.17) is 5.73 Å². The van der Waals surface area contributed by atoms with Gasteiger partial charge < -0.3 is 10.8 Å². The van der Waals surface area contributed by atoms with Crippen molar-refractivity contribution in [1.82, 2.24) is 19.8 Å². The van der Waals surface area contributed by atoms with Crippen LogP contribution in [-0.4, -0.2) is 57.2 Å². The lowest BCUT2D eigenvalue weighted by Gasteiger charge is -2.41. The molecule has 23 heavy (non-hydrogen) atoms. The van der Waals surface area contributed by atoms with Crippen molar-refractivity contribution in [3.63, 3.8) is 0 Å². The summed E-state index contributed by atoms with van der Waals surface area (Å²) >= 11 is 1.74. The Morgan fingerprint density at radius 1 is 1.22 bits per heavy atom. The molecule has 7 heteroatoms. The molecule has 0 amide bonds. The zero-order chi connectivity index (χ0) is 16.1. The zero-order valence-electron chi connectivity index (χ0n) is 13.1. The van der Waals surface area contributed by atoms with E-state index in [1.807, 2.05) is 0 Å². The SMILES string of the molecule is Nc1ncc(CN2CCN(Cc3ccsc3)C(CCO)C2)cn1. The lowest BCUT2D eigenvalue weighted by Crippen LogP contribution is -2.52. The van der Waals surface area contributed by atoms with Gasteiger partial charge in [-0.05, 0) is 28.8 Å². The topological polar surface area (TPSA) is 78.5 Å². The van der Waals surface area contributed by atoms with Gasteiger partial charge in [-0.15, -0.1) is 0 Å². The summed E-state index contributed by atoms with van der Waals surface area (Å²) in [6, 6.07) is 2.56. The normalized spacial score (nSPS) is 20.0. The number of aliphatic hydroxyl groups is 1. The van der Waals surface area contributed by atoms with Gasteiger partial charge in [-0.2, -0.15) is 11.3 Å². The molecule has 0 bridgehead atoms. The van der Waals surface area contributed by atoms with E-state index in [1.165, 1.54) is 5.56 Å². The standard InChI is InChI=1S/C16H23N5OS/c17-16-18-7-14(8-19-16)9-20-3-4-21(15(11-20)1-5-22)10-13-2-6-23-12-13/h2,6-8,12,15,22H,1,3-5,9-11H2,(H2,17,18,19). The number of aromatic nitrogens is 2. The van der Waals surface area contributed by atoms with Crippen molar-refractivity contribution < 1.29 is 5.11 Å². The molecule has 0 spiro atoms. The minimum absolute atomic E-state index is 0.226. The molecule has 2 aromatic heterocycles. The van der Waals surface area contributed by atoms with Gasteiger partial charge in [0.25, 0.3) is 0 Å². The number of anilines is 1. The average Bonchev–Trinajstić information content (AvgIpc) is 3.05. The first-order valence-corrected chi connectivity index (χ1v) is 8.83. The lowest BCUT2D eigenvalue weighted by molar-refractivity contribution is 0.0500. The molecule has 0 aliphatic carbocycles. The van der Waals surface area contributed by atoms with Crippen molar-refractivity contribution in [3.8, 4) is 0 Å². The van der Waals surface area contributed by atoms with Crippen LogP contribution >= 0.6 is 11.3 Å². The monoisotopic (exact) mass is 333 g/mol. The first-order chi connectivity index (χ1) is 11.2. The maximum absolute atomic E-state index is 9.39. The molecule has 3 N–H and O–H groups in total. The van der Waals surface area contributed by atoms with Gasteiger partial charge in [-0.1, -0.05) is 0 Å². The van der Waals surface area contributed by atoms with Gasteiger partial charge in [0.1, 0.15) is 0 Å². The molecule has 0 radical (unpaired) electrons. The third kappa shape index (κ3) is 4.48. The van der Waals surface area contributed by atoms with E-state index < -0.39 is 0 Å². The lowest BCUT2D eigenvalue weighted by atomic mass is 10.1. The molecular formula is C16H23N5OS. The highest BCUT2D eigenvalue weighted by Gasteiger charge is 2.26. The second-order valence-electron chi connectivity index (χ2n) is 5.95. The number of piperazine rings is 1. The van der Waals surface area contributed by atoms with Crippen molar-refractivity contribution in [2.24, 2.45) is 0 Å². The number of nitrogens with zero attached hydrogens (tertiary/aromatic N) is 4. The van der Waals surface area contributed by atoms with E-state index in [1.54, 1.807) is 23.7 Å². The van der Waals surface area contributed by atoms with Gasteiger partial charge in [0.2, 0.25) is 5.95 Å². The first kappa shape index (κ1) is 16.3. The molecule has 1 saturated heterocycles. The van der Waals surface area contributed by atoms with Gasteiger partial charge in [-0.3, -0.25) is 9.80 Å². The van der Waals surface area contributed by atoms with Crippen molar-refractivity contribution in [2.75, 3.05) is 32.0 Å². The highest BCUT2D eigenvalue weighted by atomic mass is 32.1. The molecule has 1 aliphatic rings. The van der Waals surface area contributed by atoms with E-state index in [2.05, 4.69) is 36.6 Å². The Morgan fingerprint density at radius 3 is 2.74 bits per heavy atom. The Kier molecular flexibility index (Phi) is 5.56. The molecule has 3 rings (SSSR count). The fraction of sp³-hybridized carbons (Fsp3) is 0.500. The molecule has 124 valence electrons. The Balaban J connectivity index is 1.60. The van der Waals surface area contributed by atoms with Crippen LogP contribution in [0.3, 0.4) is 0 Å². The Hall–Kier alpha value is -1.54. The summed E-state index contributed by atoms with van der Waals surface area (Å²) in [4.78, 5) is 13.0. The maximum atomic E-state index is 9.39. The molecule has 1 fully saturated rings. The van der Waals surface area contributed by atoms with Crippen LogP contribution in [0, 0.1) is 0 Å². The number of nitrogen functional groups attached to an aromatic ring is 1. The highest BCUT2D eigenvalue weighted by Crippen LogP contribution is 2.19. The molecule has 3 heterocycles. The maximum Gasteiger partial charge on any atom is 0.219 e. The van der Waals surface area contributed by atoms with Gasteiger partial charge in [-0.25, -0.2) is 9.97 Å². The van der Waals surface area contributed by atoms with E-state index in [9.17, 15) is 5.11 Å². The first-order valence-electron chi connectivity index (χ1n) is 7.89. The Labute approximate surface area is 140 Å². The predicted molar refractivity (Wildman–Crippen MR) is 91.9 cm³/mol. The summed E-state index contributed by atoms with van der Waals surface area (Å²) in [5.74, 6) is 0.312. The summed E-state index contributed by atoms with van der Waals surface area (Å²) < 4.78 is 0.